The lowest BCUT2D eigenvalue weighted by Gasteiger charge is -2.23. The third kappa shape index (κ3) is 2.39. The smallest absolute Gasteiger partial charge is 0.0560 e. The van der Waals surface area contributed by atoms with E-state index < -0.39 is 0 Å². The topological polar surface area (TPSA) is 24.1 Å². The molecule has 0 amide bonds. The van der Waals surface area contributed by atoms with Gasteiger partial charge in [-0.25, -0.2) is 0 Å². The standard InChI is InChI=1S/C11H15IN2/c12-14-11-3-1-9(2-4-11)10-5-7-13-8-6-10/h1-4,10,13-14H,5-8H2. The number of nitrogens with one attached hydrogen (secondary N) is 2. The fraction of sp³-hybridized carbons (Fsp3) is 0.455. The Bertz CT molecular complexity index is 278. The quantitative estimate of drug-likeness (QED) is 0.648. The fourth-order valence-electron chi connectivity index (χ4n) is 1.97. The highest BCUT2D eigenvalue weighted by atomic mass is 127. The molecule has 0 aromatic heterocycles. The van der Waals surface area contributed by atoms with Gasteiger partial charge in [-0.3, -0.25) is 0 Å². The van der Waals surface area contributed by atoms with E-state index in [1.54, 1.807) is 0 Å². The number of halogens is 1. The van der Waals surface area contributed by atoms with Crippen LogP contribution in [0.3, 0.4) is 0 Å². The third-order valence-electron chi connectivity index (χ3n) is 2.83. The Morgan fingerprint density at radius 1 is 1.14 bits per heavy atom. The number of hydrogen-bond acceptors (Lipinski definition) is 2. The molecule has 3 heteroatoms. The summed E-state index contributed by atoms with van der Waals surface area (Å²) in [5.41, 5.74) is 2.67. The van der Waals surface area contributed by atoms with Crippen molar-refractivity contribution in [3.8, 4) is 0 Å². The second-order valence-corrected chi connectivity index (χ2v) is 4.28. The normalized spacial score (nSPS) is 18.1. The number of anilines is 1. The molecule has 1 heterocycles. The summed E-state index contributed by atoms with van der Waals surface area (Å²) in [5.74, 6) is 0.763. The Balaban J connectivity index is 2.07. The summed E-state index contributed by atoms with van der Waals surface area (Å²) in [6, 6.07) is 8.81. The molecule has 0 unspecified atom stereocenters. The van der Waals surface area contributed by atoms with Gasteiger partial charge in [0.25, 0.3) is 0 Å². The van der Waals surface area contributed by atoms with Gasteiger partial charge in [0, 0.05) is 5.69 Å². The molecule has 1 aromatic carbocycles. The van der Waals surface area contributed by atoms with Crippen molar-refractivity contribution < 1.29 is 0 Å². The lowest BCUT2D eigenvalue weighted by molar-refractivity contribution is 0.460. The lowest BCUT2D eigenvalue weighted by atomic mass is 9.90. The van der Waals surface area contributed by atoms with Crippen molar-refractivity contribution in [2.45, 2.75) is 18.8 Å². The van der Waals surface area contributed by atoms with Crippen molar-refractivity contribution in [2.75, 3.05) is 16.6 Å². The van der Waals surface area contributed by atoms with Gasteiger partial charge in [0.05, 0.1) is 22.9 Å². The summed E-state index contributed by atoms with van der Waals surface area (Å²) >= 11 is 2.16. The Labute approximate surface area is 99.0 Å². The molecule has 1 fully saturated rings. The average Bonchev–Trinajstić information content (AvgIpc) is 2.30. The molecule has 2 nitrogen and oxygen atoms in total. The molecule has 0 radical (unpaired) electrons. The van der Waals surface area contributed by atoms with Crippen LogP contribution in [-0.4, -0.2) is 13.1 Å². The van der Waals surface area contributed by atoms with Gasteiger partial charge in [-0.2, -0.15) is 0 Å². The van der Waals surface area contributed by atoms with Crippen LogP contribution in [0, 0.1) is 0 Å². The van der Waals surface area contributed by atoms with Gasteiger partial charge in [-0.05, 0) is 49.5 Å². The van der Waals surface area contributed by atoms with Crippen molar-refractivity contribution in [3.05, 3.63) is 29.8 Å². The first-order valence-electron chi connectivity index (χ1n) is 5.07. The highest BCUT2D eigenvalue weighted by Gasteiger charge is 2.14. The van der Waals surface area contributed by atoms with Crippen LogP contribution in [0.4, 0.5) is 5.69 Å². The molecule has 1 aromatic rings. The molecular weight excluding hydrogens is 287 g/mol. The number of rotatable bonds is 2. The summed E-state index contributed by atoms with van der Waals surface area (Å²) < 4.78 is 3.11. The molecule has 76 valence electrons. The van der Waals surface area contributed by atoms with Crippen molar-refractivity contribution in [1.82, 2.24) is 5.32 Å². The average molecular weight is 302 g/mol. The summed E-state index contributed by atoms with van der Waals surface area (Å²) in [5, 5.41) is 3.39. The summed E-state index contributed by atoms with van der Waals surface area (Å²) in [6.45, 7) is 2.33. The maximum Gasteiger partial charge on any atom is 0.0560 e. The molecule has 2 N–H and O–H groups in total. The maximum absolute atomic E-state index is 3.39. The summed E-state index contributed by atoms with van der Waals surface area (Å²) in [4.78, 5) is 0. The molecule has 1 aliphatic heterocycles. The van der Waals surface area contributed by atoms with Crippen LogP contribution in [0.1, 0.15) is 24.3 Å². The second-order valence-electron chi connectivity index (χ2n) is 3.74. The molecule has 2 rings (SSSR count). The van der Waals surface area contributed by atoms with Crippen molar-refractivity contribution in [2.24, 2.45) is 0 Å². The minimum atomic E-state index is 0.763. The highest BCUT2D eigenvalue weighted by Crippen LogP contribution is 2.26. The van der Waals surface area contributed by atoms with Crippen molar-refractivity contribution in [1.29, 1.82) is 0 Å². The van der Waals surface area contributed by atoms with E-state index in [4.69, 9.17) is 0 Å². The van der Waals surface area contributed by atoms with Crippen LogP contribution < -0.4 is 8.85 Å². The Morgan fingerprint density at radius 2 is 1.79 bits per heavy atom. The van der Waals surface area contributed by atoms with Gasteiger partial charge in [-0.1, -0.05) is 12.1 Å². The van der Waals surface area contributed by atoms with Crippen LogP contribution in [0.25, 0.3) is 0 Å². The molecule has 0 saturated carbocycles. The lowest BCUT2D eigenvalue weighted by Crippen LogP contribution is -2.26. The van der Waals surface area contributed by atoms with Gasteiger partial charge in [0.2, 0.25) is 0 Å². The predicted molar refractivity (Wildman–Crippen MR) is 68.9 cm³/mol. The minimum absolute atomic E-state index is 0.763. The van der Waals surface area contributed by atoms with Crippen LogP contribution in [-0.2, 0) is 0 Å². The molecule has 0 atom stereocenters. The third-order valence-corrected chi connectivity index (χ3v) is 3.45. The summed E-state index contributed by atoms with van der Waals surface area (Å²) in [7, 11) is 0. The molecule has 0 spiro atoms. The first-order chi connectivity index (χ1) is 6.90. The SMILES string of the molecule is INc1ccc(C2CCNCC2)cc1. The van der Waals surface area contributed by atoms with Crippen LogP contribution >= 0.6 is 22.9 Å². The maximum atomic E-state index is 3.39. The predicted octanol–water partition coefficient (Wildman–Crippen LogP) is 2.92. The van der Waals surface area contributed by atoms with E-state index >= 15 is 0 Å². The van der Waals surface area contributed by atoms with Gasteiger partial charge in [0.15, 0.2) is 0 Å². The van der Waals surface area contributed by atoms with E-state index in [1.165, 1.54) is 24.1 Å². The van der Waals surface area contributed by atoms with Crippen LogP contribution in [0.2, 0.25) is 0 Å². The Kier molecular flexibility index (Phi) is 3.64. The Morgan fingerprint density at radius 3 is 2.36 bits per heavy atom. The number of hydrogen-bond donors (Lipinski definition) is 2. The number of benzene rings is 1. The molecule has 14 heavy (non-hydrogen) atoms. The van der Waals surface area contributed by atoms with Gasteiger partial charge < -0.3 is 8.85 Å². The monoisotopic (exact) mass is 302 g/mol. The summed E-state index contributed by atoms with van der Waals surface area (Å²) in [6.07, 6.45) is 2.55. The van der Waals surface area contributed by atoms with Gasteiger partial charge in [-0.15, -0.1) is 0 Å². The zero-order valence-corrected chi connectivity index (χ0v) is 10.3. The van der Waals surface area contributed by atoms with E-state index in [1.807, 2.05) is 0 Å². The van der Waals surface area contributed by atoms with Gasteiger partial charge in [0.1, 0.15) is 0 Å². The molecule has 0 aliphatic carbocycles. The second kappa shape index (κ2) is 4.98. The first kappa shape index (κ1) is 10.2. The van der Waals surface area contributed by atoms with E-state index in [0.717, 1.165) is 19.0 Å². The zero-order valence-electron chi connectivity index (χ0n) is 8.09. The molecule has 1 aliphatic rings. The Hall–Kier alpha value is -0.290. The van der Waals surface area contributed by atoms with Gasteiger partial charge >= 0.3 is 0 Å². The fourth-order valence-corrected chi connectivity index (χ4v) is 2.33. The van der Waals surface area contributed by atoms with Crippen molar-refractivity contribution in [3.63, 3.8) is 0 Å². The van der Waals surface area contributed by atoms with Crippen molar-refractivity contribution >= 4 is 28.6 Å². The number of piperidine rings is 1. The van der Waals surface area contributed by atoms with E-state index in [-0.39, 0.29) is 0 Å². The minimum Gasteiger partial charge on any atom is -0.328 e. The largest absolute Gasteiger partial charge is 0.328 e. The molecular formula is C11H15IN2. The van der Waals surface area contributed by atoms with E-state index in [9.17, 15) is 0 Å². The highest BCUT2D eigenvalue weighted by molar-refractivity contribution is 14.1. The first-order valence-corrected chi connectivity index (χ1v) is 6.15. The molecule has 1 saturated heterocycles. The zero-order chi connectivity index (χ0) is 9.80. The molecule has 0 bridgehead atoms. The van der Waals surface area contributed by atoms with Crippen LogP contribution in [0.15, 0.2) is 24.3 Å². The van der Waals surface area contributed by atoms with E-state index in [2.05, 4.69) is 56.0 Å². The van der Waals surface area contributed by atoms with Crippen LogP contribution in [0.5, 0.6) is 0 Å². The van der Waals surface area contributed by atoms with E-state index in [0.29, 0.717) is 0 Å².